The lowest BCUT2D eigenvalue weighted by Gasteiger charge is -2.35. The molecule has 1 aliphatic heterocycles. The van der Waals surface area contributed by atoms with E-state index >= 15 is 0 Å². The van der Waals surface area contributed by atoms with Crippen molar-refractivity contribution in [1.29, 1.82) is 0 Å². The van der Waals surface area contributed by atoms with Crippen molar-refractivity contribution in [2.45, 2.75) is 58.2 Å². The summed E-state index contributed by atoms with van der Waals surface area (Å²) in [7, 11) is 0. The zero-order chi connectivity index (χ0) is 14.7. The zero-order valence-electron chi connectivity index (χ0n) is 13.6. The number of nitrogens with one attached hydrogen (secondary N) is 1. The van der Waals surface area contributed by atoms with E-state index in [0.29, 0.717) is 0 Å². The van der Waals surface area contributed by atoms with Crippen LogP contribution in [0.2, 0.25) is 0 Å². The van der Waals surface area contributed by atoms with E-state index in [2.05, 4.69) is 54.4 Å². The van der Waals surface area contributed by atoms with Crippen LogP contribution in [-0.4, -0.2) is 30.1 Å². The van der Waals surface area contributed by atoms with E-state index in [0.717, 1.165) is 30.5 Å². The molecule has 116 valence electrons. The van der Waals surface area contributed by atoms with E-state index in [9.17, 15) is 0 Å². The van der Waals surface area contributed by atoms with Crippen molar-refractivity contribution in [3.63, 3.8) is 0 Å². The summed E-state index contributed by atoms with van der Waals surface area (Å²) in [5.41, 5.74) is 1.45. The van der Waals surface area contributed by atoms with Gasteiger partial charge in [-0.15, -0.1) is 0 Å². The number of benzene rings is 1. The summed E-state index contributed by atoms with van der Waals surface area (Å²) in [6.45, 7) is 8.44. The average molecular weight is 286 g/mol. The number of piperidine rings is 1. The fourth-order valence-electron chi connectivity index (χ4n) is 4.00. The minimum absolute atomic E-state index is 0.745. The molecule has 1 saturated carbocycles. The molecule has 0 aromatic heterocycles. The Bertz CT molecular complexity index is 422. The van der Waals surface area contributed by atoms with E-state index in [1.54, 1.807) is 0 Å². The van der Waals surface area contributed by atoms with Gasteiger partial charge in [-0.05, 0) is 56.2 Å². The second kappa shape index (κ2) is 6.93. The summed E-state index contributed by atoms with van der Waals surface area (Å²) in [6, 6.07) is 12.4. The van der Waals surface area contributed by atoms with Crippen molar-refractivity contribution >= 4 is 0 Å². The lowest BCUT2D eigenvalue weighted by Crippen LogP contribution is -2.47. The first kappa shape index (κ1) is 15.1. The first-order chi connectivity index (χ1) is 10.2. The van der Waals surface area contributed by atoms with Crippen molar-refractivity contribution in [2.24, 2.45) is 11.8 Å². The standard InChI is InChI=1S/C19H30N2/c1-15-8-9-19(16(15)2)20-18-10-12-21(13-11-18)14-17-6-4-3-5-7-17/h3-7,15-16,18-20H,8-14H2,1-2H3. The summed E-state index contributed by atoms with van der Waals surface area (Å²) in [5.74, 6) is 1.76. The molecule has 0 radical (unpaired) electrons. The fourth-order valence-corrected chi connectivity index (χ4v) is 4.00. The van der Waals surface area contributed by atoms with Gasteiger partial charge in [-0.3, -0.25) is 4.90 Å². The van der Waals surface area contributed by atoms with Gasteiger partial charge in [0.15, 0.2) is 0 Å². The largest absolute Gasteiger partial charge is 0.311 e. The van der Waals surface area contributed by atoms with Gasteiger partial charge in [0.1, 0.15) is 0 Å². The third-order valence-electron chi connectivity index (χ3n) is 5.75. The van der Waals surface area contributed by atoms with Crippen LogP contribution in [0.4, 0.5) is 0 Å². The van der Waals surface area contributed by atoms with Crippen LogP contribution in [0.3, 0.4) is 0 Å². The Morgan fingerprint density at radius 2 is 1.71 bits per heavy atom. The highest BCUT2D eigenvalue weighted by Gasteiger charge is 2.31. The van der Waals surface area contributed by atoms with Gasteiger partial charge >= 0.3 is 0 Å². The van der Waals surface area contributed by atoms with E-state index in [1.165, 1.54) is 44.3 Å². The molecule has 3 unspecified atom stereocenters. The normalized spacial score (nSPS) is 31.6. The molecule has 1 aromatic rings. The van der Waals surface area contributed by atoms with Gasteiger partial charge in [0.2, 0.25) is 0 Å². The molecule has 0 amide bonds. The molecule has 1 aliphatic carbocycles. The highest BCUT2D eigenvalue weighted by Crippen LogP contribution is 2.32. The molecule has 2 heteroatoms. The zero-order valence-corrected chi connectivity index (χ0v) is 13.6. The maximum absolute atomic E-state index is 3.96. The minimum Gasteiger partial charge on any atom is -0.311 e. The molecule has 3 rings (SSSR count). The minimum atomic E-state index is 0.745. The van der Waals surface area contributed by atoms with E-state index in [1.807, 2.05) is 0 Å². The first-order valence-corrected chi connectivity index (χ1v) is 8.74. The smallest absolute Gasteiger partial charge is 0.0233 e. The third-order valence-corrected chi connectivity index (χ3v) is 5.75. The fraction of sp³-hybridized carbons (Fsp3) is 0.684. The number of hydrogen-bond donors (Lipinski definition) is 1. The van der Waals surface area contributed by atoms with Gasteiger partial charge < -0.3 is 5.32 Å². The number of rotatable bonds is 4. The first-order valence-electron chi connectivity index (χ1n) is 8.74. The van der Waals surface area contributed by atoms with Crippen LogP contribution in [0.25, 0.3) is 0 Å². The molecule has 3 atom stereocenters. The van der Waals surface area contributed by atoms with Crippen LogP contribution >= 0.6 is 0 Å². The summed E-state index contributed by atoms with van der Waals surface area (Å²) >= 11 is 0. The van der Waals surface area contributed by atoms with Gasteiger partial charge in [-0.1, -0.05) is 44.2 Å². The SMILES string of the molecule is CC1CCC(NC2CCN(Cc3ccccc3)CC2)C1C. The summed E-state index contributed by atoms with van der Waals surface area (Å²) in [5, 5.41) is 3.96. The Balaban J connectivity index is 1.43. The predicted octanol–water partition coefficient (Wildman–Crippen LogP) is 3.68. The lowest BCUT2D eigenvalue weighted by molar-refractivity contribution is 0.178. The number of nitrogens with zero attached hydrogens (tertiary/aromatic N) is 1. The van der Waals surface area contributed by atoms with E-state index in [-0.39, 0.29) is 0 Å². The molecule has 21 heavy (non-hydrogen) atoms. The Hall–Kier alpha value is -0.860. The van der Waals surface area contributed by atoms with Gasteiger partial charge in [-0.2, -0.15) is 0 Å². The molecule has 1 saturated heterocycles. The molecule has 2 nitrogen and oxygen atoms in total. The highest BCUT2D eigenvalue weighted by atomic mass is 15.1. The topological polar surface area (TPSA) is 15.3 Å². The van der Waals surface area contributed by atoms with Gasteiger partial charge in [0.25, 0.3) is 0 Å². The Morgan fingerprint density at radius 1 is 1.00 bits per heavy atom. The Kier molecular flexibility index (Phi) is 4.97. The molecule has 2 fully saturated rings. The highest BCUT2D eigenvalue weighted by molar-refractivity contribution is 5.14. The van der Waals surface area contributed by atoms with Gasteiger partial charge in [-0.25, -0.2) is 0 Å². The Labute approximate surface area is 129 Å². The van der Waals surface area contributed by atoms with Crippen LogP contribution in [0, 0.1) is 11.8 Å². The molecule has 1 aromatic carbocycles. The predicted molar refractivity (Wildman–Crippen MR) is 89.2 cm³/mol. The van der Waals surface area contributed by atoms with Crippen LogP contribution < -0.4 is 5.32 Å². The molecular weight excluding hydrogens is 256 g/mol. The van der Waals surface area contributed by atoms with Crippen molar-refractivity contribution in [1.82, 2.24) is 10.2 Å². The van der Waals surface area contributed by atoms with Crippen LogP contribution in [0.1, 0.15) is 45.1 Å². The average Bonchev–Trinajstić information content (AvgIpc) is 2.82. The molecule has 0 spiro atoms. The van der Waals surface area contributed by atoms with Crippen LogP contribution in [0.15, 0.2) is 30.3 Å². The van der Waals surface area contributed by atoms with Crippen LogP contribution in [-0.2, 0) is 6.54 Å². The maximum atomic E-state index is 3.96. The van der Waals surface area contributed by atoms with Crippen molar-refractivity contribution in [3.8, 4) is 0 Å². The lowest BCUT2D eigenvalue weighted by atomic mass is 9.96. The summed E-state index contributed by atoms with van der Waals surface area (Å²) < 4.78 is 0. The molecular formula is C19H30N2. The van der Waals surface area contributed by atoms with Crippen molar-refractivity contribution in [3.05, 3.63) is 35.9 Å². The summed E-state index contributed by atoms with van der Waals surface area (Å²) in [4.78, 5) is 2.61. The molecule has 2 aliphatic rings. The van der Waals surface area contributed by atoms with E-state index < -0.39 is 0 Å². The second-order valence-electron chi connectivity index (χ2n) is 7.22. The third kappa shape index (κ3) is 3.87. The monoisotopic (exact) mass is 286 g/mol. The molecule has 0 bridgehead atoms. The molecule has 1 heterocycles. The van der Waals surface area contributed by atoms with Crippen LogP contribution in [0.5, 0.6) is 0 Å². The van der Waals surface area contributed by atoms with E-state index in [4.69, 9.17) is 0 Å². The number of hydrogen-bond acceptors (Lipinski definition) is 2. The van der Waals surface area contributed by atoms with Gasteiger partial charge in [0.05, 0.1) is 0 Å². The second-order valence-corrected chi connectivity index (χ2v) is 7.22. The molecule has 1 N–H and O–H groups in total. The summed E-state index contributed by atoms with van der Waals surface area (Å²) in [6.07, 6.45) is 5.41. The maximum Gasteiger partial charge on any atom is 0.0233 e. The quantitative estimate of drug-likeness (QED) is 0.908. The Morgan fingerprint density at radius 3 is 2.33 bits per heavy atom. The van der Waals surface area contributed by atoms with Crippen molar-refractivity contribution in [2.75, 3.05) is 13.1 Å². The van der Waals surface area contributed by atoms with Crippen molar-refractivity contribution < 1.29 is 0 Å². The van der Waals surface area contributed by atoms with Gasteiger partial charge in [0, 0.05) is 18.6 Å². The number of likely N-dealkylation sites (tertiary alicyclic amines) is 1.